The summed E-state index contributed by atoms with van der Waals surface area (Å²) in [4.78, 5) is 35.4. The second-order valence-corrected chi connectivity index (χ2v) is 10.8. The van der Waals surface area contributed by atoms with Crippen molar-refractivity contribution in [3.63, 3.8) is 0 Å². The molecule has 1 aliphatic carbocycles. The van der Waals surface area contributed by atoms with E-state index in [-0.39, 0.29) is 24.3 Å². The van der Waals surface area contributed by atoms with E-state index in [4.69, 9.17) is 4.99 Å². The zero-order valence-corrected chi connectivity index (χ0v) is 20.0. The van der Waals surface area contributed by atoms with E-state index in [9.17, 15) is 9.59 Å². The SMILES string of the molecule is Cc1cccc(C)c1N=C1SC(CC(=O)NC2CC2)C(=O)N1C1CN(C(C)C)CC1C. The smallest absolute Gasteiger partial charge is 0.242 e. The standard InChI is InChI=1S/C24H34N4O2S/c1-14(2)27-12-17(5)19(13-27)28-23(30)20(11-21(29)25-18-9-10-18)31-24(28)26-22-15(3)7-6-8-16(22)4/h6-8,14,17-20H,9-13H2,1-5H3,(H,25,29). The average molecular weight is 443 g/mol. The summed E-state index contributed by atoms with van der Waals surface area (Å²) in [6.07, 6.45) is 2.32. The van der Waals surface area contributed by atoms with Crippen LogP contribution in [-0.2, 0) is 9.59 Å². The molecule has 2 amide bonds. The number of aliphatic imine (C=N–C) groups is 1. The lowest BCUT2D eigenvalue weighted by atomic mass is 10.0. The minimum Gasteiger partial charge on any atom is -0.353 e. The van der Waals surface area contributed by atoms with Crippen molar-refractivity contribution in [2.45, 2.75) is 77.3 Å². The van der Waals surface area contributed by atoms with Gasteiger partial charge >= 0.3 is 0 Å². The number of hydrogen-bond acceptors (Lipinski definition) is 5. The van der Waals surface area contributed by atoms with Crippen LogP contribution in [0.2, 0.25) is 0 Å². The van der Waals surface area contributed by atoms with Crippen LogP contribution in [0.15, 0.2) is 23.2 Å². The molecule has 2 saturated heterocycles. The van der Waals surface area contributed by atoms with Gasteiger partial charge in [-0.2, -0.15) is 0 Å². The number of amidine groups is 1. The highest BCUT2D eigenvalue weighted by Crippen LogP contribution is 2.38. The van der Waals surface area contributed by atoms with Crippen LogP contribution in [-0.4, -0.2) is 63.2 Å². The molecule has 3 unspecified atom stereocenters. The van der Waals surface area contributed by atoms with Gasteiger partial charge in [0.2, 0.25) is 11.8 Å². The number of likely N-dealkylation sites (tertiary alicyclic amines) is 1. The molecule has 3 fully saturated rings. The third-order valence-corrected chi connectivity index (χ3v) is 7.74. The highest BCUT2D eigenvalue weighted by Gasteiger charge is 2.47. The fraction of sp³-hybridized carbons (Fsp3) is 0.625. The van der Waals surface area contributed by atoms with Gasteiger partial charge in [-0.3, -0.25) is 19.4 Å². The molecule has 3 atom stereocenters. The van der Waals surface area contributed by atoms with Crippen molar-refractivity contribution in [3.05, 3.63) is 29.3 Å². The minimum absolute atomic E-state index is 0.0232. The summed E-state index contributed by atoms with van der Waals surface area (Å²) in [7, 11) is 0. The van der Waals surface area contributed by atoms with E-state index in [2.05, 4.69) is 57.0 Å². The molecule has 1 saturated carbocycles. The van der Waals surface area contributed by atoms with E-state index in [0.717, 1.165) is 47.9 Å². The number of nitrogens with zero attached hydrogens (tertiary/aromatic N) is 3. The molecule has 0 bridgehead atoms. The Balaban J connectivity index is 1.63. The molecule has 1 aromatic carbocycles. The molecule has 0 radical (unpaired) electrons. The van der Waals surface area contributed by atoms with E-state index in [1.54, 1.807) is 0 Å². The number of amides is 2. The van der Waals surface area contributed by atoms with Crippen molar-refractivity contribution in [3.8, 4) is 0 Å². The lowest BCUT2D eigenvalue weighted by Crippen LogP contribution is -2.46. The molecule has 1 aromatic rings. The summed E-state index contributed by atoms with van der Waals surface area (Å²) in [6, 6.07) is 6.97. The Morgan fingerprint density at radius 1 is 1.23 bits per heavy atom. The number of carbonyl (C=O) groups is 2. The van der Waals surface area contributed by atoms with E-state index in [1.807, 2.05) is 11.0 Å². The van der Waals surface area contributed by atoms with Gasteiger partial charge in [-0.25, -0.2) is 4.99 Å². The van der Waals surface area contributed by atoms with Crippen molar-refractivity contribution in [1.29, 1.82) is 0 Å². The normalized spacial score (nSPS) is 28.2. The Kier molecular flexibility index (Phi) is 6.44. The third-order valence-electron chi connectivity index (χ3n) is 6.59. The average Bonchev–Trinajstić information content (AvgIpc) is 3.35. The molecule has 0 aromatic heterocycles. The van der Waals surface area contributed by atoms with E-state index in [0.29, 0.717) is 18.0 Å². The number of hydrogen-bond donors (Lipinski definition) is 1. The van der Waals surface area contributed by atoms with Crippen LogP contribution >= 0.6 is 11.8 Å². The molecule has 7 heteroatoms. The van der Waals surface area contributed by atoms with Gasteiger partial charge in [0.25, 0.3) is 0 Å². The van der Waals surface area contributed by atoms with Crippen molar-refractivity contribution >= 4 is 34.4 Å². The molecule has 2 heterocycles. The minimum atomic E-state index is -0.401. The molecule has 0 spiro atoms. The second-order valence-electron chi connectivity index (χ2n) is 9.59. The summed E-state index contributed by atoms with van der Waals surface area (Å²) in [6.45, 7) is 12.5. The first kappa shape index (κ1) is 22.3. The van der Waals surface area contributed by atoms with Gasteiger partial charge in [0.1, 0.15) is 5.25 Å². The number of thioether (sulfide) groups is 1. The van der Waals surface area contributed by atoms with Gasteiger partial charge in [0.05, 0.1) is 11.7 Å². The maximum absolute atomic E-state index is 13.5. The van der Waals surface area contributed by atoms with Gasteiger partial charge in [-0.1, -0.05) is 36.9 Å². The van der Waals surface area contributed by atoms with Gasteiger partial charge < -0.3 is 5.32 Å². The van der Waals surface area contributed by atoms with Gasteiger partial charge in [-0.15, -0.1) is 0 Å². The van der Waals surface area contributed by atoms with Crippen LogP contribution in [0, 0.1) is 19.8 Å². The third kappa shape index (κ3) is 4.82. The van der Waals surface area contributed by atoms with Gasteiger partial charge in [0, 0.05) is 31.6 Å². The topological polar surface area (TPSA) is 65.0 Å². The highest BCUT2D eigenvalue weighted by atomic mass is 32.2. The van der Waals surface area contributed by atoms with Crippen LogP contribution in [0.1, 0.15) is 51.2 Å². The van der Waals surface area contributed by atoms with Crippen molar-refractivity contribution < 1.29 is 9.59 Å². The summed E-state index contributed by atoms with van der Waals surface area (Å²) < 4.78 is 0. The highest BCUT2D eigenvalue weighted by molar-refractivity contribution is 8.15. The zero-order valence-electron chi connectivity index (χ0n) is 19.2. The summed E-state index contributed by atoms with van der Waals surface area (Å²) in [5.74, 6) is 0.363. The molecular formula is C24H34N4O2S. The molecule has 3 aliphatic rings. The Morgan fingerprint density at radius 3 is 2.48 bits per heavy atom. The second kappa shape index (κ2) is 8.94. The van der Waals surface area contributed by atoms with Crippen molar-refractivity contribution in [2.75, 3.05) is 13.1 Å². The van der Waals surface area contributed by atoms with E-state index in [1.165, 1.54) is 11.8 Å². The summed E-state index contributed by atoms with van der Waals surface area (Å²) in [5.41, 5.74) is 3.12. The number of carbonyl (C=O) groups excluding carboxylic acids is 2. The van der Waals surface area contributed by atoms with Crippen LogP contribution < -0.4 is 5.32 Å². The summed E-state index contributed by atoms with van der Waals surface area (Å²) >= 11 is 1.46. The maximum Gasteiger partial charge on any atom is 0.242 e. The van der Waals surface area contributed by atoms with Crippen LogP contribution in [0.4, 0.5) is 5.69 Å². The Labute approximate surface area is 189 Å². The van der Waals surface area contributed by atoms with Gasteiger partial charge in [0.15, 0.2) is 5.17 Å². The van der Waals surface area contributed by atoms with Crippen molar-refractivity contribution in [1.82, 2.24) is 15.1 Å². The molecule has 1 N–H and O–H groups in total. The van der Waals surface area contributed by atoms with Crippen LogP contribution in [0.5, 0.6) is 0 Å². The largest absolute Gasteiger partial charge is 0.353 e. The quantitative estimate of drug-likeness (QED) is 0.731. The molecule has 4 rings (SSSR count). The monoisotopic (exact) mass is 442 g/mol. The first-order valence-electron chi connectivity index (χ1n) is 11.4. The Hall–Kier alpha value is -1.86. The van der Waals surface area contributed by atoms with E-state index < -0.39 is 5.25 Å². The molecule has 168 valence electrons. The predicted octanol–water partition coefficient (Wildman–Crippen LogP) is 3.63. The number of benzene rings is 1. The van der Waals surface area contributed by atoms with Crippen molar-refractivity contribution in [2.24, 2.45) is 10.9 Å². The fourth-order valence-corrected chi connectivity index (χ4v) is 5.69. The van der Waals surface area contributed by atoms with Gasteiger partial charge in [-0.05, 0) is 57.6 Å². The first-order chi connectivity index (χ1) is 14.7. The Bertz CT molecular complexity index is 875. The molecule has 2 aliphatic heterocycles. The maximum atomic E-state index is 13.5. The molecule has 6 nitrogen and oxygen atoms in total. The molecular weight excluding hydrogens is 408 g/mol. The number of para-hydroxylation sites is 1. The number of nitrogens with one attached hydrogen (secondary N) is 1. The molecule has 31 heavy (non-hydrogen) atoms. The van der Waals surface area contributed by atoms with E-state index >= 15 is 0 Å². The zero-order chi connectivity index (χ0) is 22.3. The fourth-order valence-electron chi connectivity index (χ4n) is 4.50. The number of aryl methyl sites for hydroxylation is 2. The predicted molar refractivity (Wildman–Crippen MR) is 127 cm³/mol. The lowest BCUT2D eigenvalue weighted by molar-refractivity contribution is -0.130. The Morgan fingerprint density at radius 2 is 1.90 bits per heavy atom. The number of rotatable bonds is 6. The van der Waals surface area contributed by atoms with Crippen LogP contribution in [0.3, 0.4) is 0 Å². The lowest BCUT2D eigenvalue weighted by Gasteiger charge is -2.28. The van der Waals surface area contributed by atoms with Crippen LogP contribution in [0.25, 0.3) is 0 Å². The summed E-state index contributed by atoms with van der Waals surface area (Å²) in [5, 5.41) is 3.37. The first-order valence-corrected chi connectivity index (χ1v) is 12.3.